The lowest BCUT2D eigenvalue weighted by Crippen LogP contribution is -2.18. The highest BCUT2D eigenvalue weighted by Gasteiger charge is 2.10. The van der Waals surface area contributed by atoms with Gasteiger partial charge in [-0.3, -0.25) is 4.90 Å². The third-order valence-electron chi connectivity index (χ3n) is 4.40. The summed E-state index contributed by atoms with van der Waals surface area (Å²) in [5.41, 5.74) is 2.77. The van der Waals surface area contributed by atoms with Crippen LogP contribution in [-0.2, 0) is 11.9 Å². The molecule has 25 heavy (non-hydrogen) atoms. The molecule has 2 aromatic rings. The van der Waals surface area contributed by atoms with Crippen LogP contribution in [0, 0.1) is 0 Å². The highest BCUT2D eigenvalue weighted by molar-refractivity contribution is 9.08. The van der Waals surface area contributed by atoms with Crippen LogP contribution in [-0.4, -0.2) is 31.1 Å². The summed E-state index contributed by atoms with van der Waals surface area (Å²) in [6.07, 6.45) is 5.54. The van der Waals surface area contributed by atoms with Crippen molar-refractivity contribution in [3.05, 3.63) is 71.8 Å². The zero-order valence-corrected chi connectivity index (χ0v) is 16.8. The molecule has 2 aromatic carbocycles. The molecule has 0 radical (unpaired) electrons. The molecule has 0 aliphatic carbocycles. The maximum atomic E-state index is 3.36. The van der Waals surface area contributed by atoms with Gasteiger partial charge in [-0.2, -0.15) is 0 Å². The molecule has 2 fully saturated rings. The van der Waals surface area contributed by atoms with Crippen molar-refractivity contribution in [1.29, 1.82) is 0 Å². The van der Waals surface area contributed by atoms with Crippen molar-refractivity contribution in [1.82, 2.24) is 10.2 Å². The molecule has 2 nitrogen and oxygen atoms in total. The van der Waals surface area contributed by atoms with Gasteiger partial charge in [0, 0.05) is 11.9 Å². The number of hydrogen-bond donors (Lipinski definition) is 1. The Bertz CT molecular complexity index is 527. The zero-order chi connectivity index (χ0) is 17.6. The highest BCUT2D eigenvalue weighted by atomic mass is 79.9. The van der Waals surface area contributed by atoms with Gasteiger partial charge in [-0.1, -0.05) is 76.6 Å². The fourth-order valence-corrected chi connectivity index (χ4v) is 3.35. The van der Waals surface area contributed by atoms with Gasteiger partial charge in [0.05, 0.1) is 0 Å². The van der Waals surface area contributed by atoms with E-state index in [1.54, 1.807) is 0 Å². The summed E-state index contributed by atoms with van der Waals surface area (Å²) in [7, 11) is 0. The van der Waals surface area contributed by atoms with E-state index in [-0.39, 0.29) is 0 Å². The van der Waals surface area contributed by atoms with Crippen molar-refractivity contribution in [3.63, 3.8) is 0 Å². The van der Waals surface area contributed by atoms with Crippen LogP contribution >= 0.6 is 15.9 Å². The standard InChI is InChI=1S/C11H15N.C7H7Br.C4H9N/c1-2-6-11(7-3-1)10-12-8-4-5-9-12;8-6-7-4-2-1-3-5-7;1-2-4-5-3-1/h1-3,6-7H,4-5,8-10H2;1-5H,6H2;5H,1-4H2. The molecular formula is C22H31BrN2. The molecule has 2 heterocycles. The summed E-state index contributed by atoms with van der Waals surface area (Å²) < 4.78 is 0. The molecule has 0 aromatic heterocycles. The molecule has 0 bridgehead atoms. The Hall–Kier alpha value is -1.16. The molecule has 1 N–H and O–H groups in total. The quantitative estimate of drug-likeness (QED) is 0.706. The molecule has 0 amide bonds. The molecule has 3 heteroatoms. The van der Waals surface area contributed by atoms with Crippen LogP contribution in [0.5, 0.6) is 0 Å². The lowest BCUT2D eigenvalue weighted by Gasteiger charge is -2.13. The second-order valence-corrected chi connectivity index (χ2v) is 7.11. The number of hydrogen-bond acceptors (Lipinski definition) is 2. The van der Waals surface area contributed by atoms with E-state index in [4.69, 9.17) is 0 Å². The first-order valence-electron chi connectivity index (χ1n) is 9.45. The van der Waals surface area contributed by atoms with Gasteiger partial charge in [-0.15, -0.1) is 0 Å². The van der Waals surface area contributed by atoms with Crippen LogP contribution in [0.3, 0.4) is 0 Å². The minimum atomic E-state index is 0.952. The smallest absolute Gasteiger partial charge is 0.0283 e. The molecule has 2 aliphatic heterocycles. The number of benzene rings is 2. The molecule has 2 aliphatic rings. The van der Waals surface area contributed by atoms with Gasteiger partial charge in [0.15, 0.2) is 0 Å². The van der Waals surface area contributed by atoms with Crippen LogP contribution in [0.15, 0.2) is 60.7 Å². The summed E-state index contributed by atoms with van der Waals surface area (Å²) in [5.74, 6) is 0. The van der Waals surface area contributed by atoms with Gasteiger partial charge in [0.1, 0.15) is 0 Å². The molecule has 0 spiro atoms. The van der Waals surface area contributed by atoms with Crippen molar-refractivity contribution in [3.8, 4) is 0 Å². The van der Waals surface area contributed by atoms with E-state index in [1.807, 2.05) is 18.2 Å². The molecule has 2 saturated heterocycles. The second-order valence-electron chi connectivity index (χ2n) is 6.55. The van der Waals surface area contributed by atoms with Gasteiger partial charge in [0.25, 0.3) is 0 Å². The number of halogens is 1. The van der Waals surface area contributed by atoms with E-state index in [0.717, 1.165) is 11.9 Å². The summed E-state index contributed by atoms with van der Waals surface area (Å²) in [4.78, 5) is 2.52. The van der Waals surface area contributed by atoms with E-state index < -0.39 is 0 Å². The van der Waals surface area contributed by atoms with Crippen molar-refractivity contribution < 1.29 is 0 Å². The Morgan fingerprint density at radius 1 is 0.720 bits per heavy atom. The minimum absolute atomic E-state index is 0.952. The molecule has 4 rings (SSSR count). The monoisotopic (exact) mass is 402 g/mol. The average Bonchev–Trinajstić information content (AvgIpc) is 3.41. The van der Waals surface area contributed by atoms with Gasteiger partial charge in [-0.25, -0.2) is 0 Å². The number of rotatable bonds is 3. The molecular weight excluding hydrogens is 372 g/mol. The van der Waals surface area contributed by atoms with Crippen LogP contribution in [0.4, 0.5) is 0 Å². The first-order chi connectivity index (χ1) is 12.4. The predicted molar refractivity (Wildman–Crippen MR) is 112 cm³/mol. The lowest BCUT2D eigenvalue weighted by molar-refractivity contribution is 0.331. The first-order valence-corrected chi connectivity index (χ1v) is 10.6. The molecule has 0 saturated carbocycles. The number of nitrogens with one attached hydrogen (secondary N) is 1. The van der Waals surface area contributed by atoms with Crippen molar-refractivity contribution in [2.75, 3.05) is 26.2 Å². The third-order valence-corrected chi connectivity index (χ3v) is 5.05. The van der Waals surface area contributed by atoms with E-state index in [2.05, 4.69) is 68.6 Å². The number of alkyl halides is 1. The third kappa shape index (κ3) is 9.20. The average molecular weight is 403 g/mol. The van der Waals surface area contributed by atoms with Crippen LogP contribution in [0.25, 0.3) is 0 Å². The van der Waals surface area contributed by atoms with Crippen molar-refractivity contribution >= 4 is 15.9 Å². The van der Waals surface area contributed by atoms with Crippen LogP contribution in [0.2, 0.25) is 0 Å². The Kier molecular flexibility index (Phi) is 10.6. The fraction of sp³-hybridized carbons (Fsp3) is 0.455. The SMILES string of the molecule is BrCc1ccccc1.C1CCNC1.c1ccc(CN2CCCC2)cc1. The van der Waals surface area contributed by atoms with E-state index in [0.29, 0.717) is 0 Å². The molecule has 0 atom stereocenters. The Labute approximate surface area is 161 Å². The maximum Gasteiger partial charge on any atom is 0.0283 e. The summed E-state index contributed by atoms with van der Waals surface area (Å²) in [5, 5.41) is 4.17. The predicted octanol–water partition coefficient (Wildman–Crippen LogP) is 5.23. The molecule has 0 unspecified atom stereocenters. The summed E-state index contributed by atoms with van der Waals surface area (Å²) in [6.45, 7) is 6.21. The normalized spacial score (nSPS) is 16.5. The van der Waals surface area contributed by atoms with Gasteiger partial charge in [0.2, 0.25) is 0 Å². The summed E-state index contributed by atoms with van der Waals surface area (Å²) in [6, 6.07) is 21.0. The Balaban J connectivity index is 0.000000149. The minimum Gasteiger partial charge on any atom is -0.317 e. The number of nitrogens with zero attached hydrogens (tertiary/aromatic N) is 1. The van der Waals surface area contributed by atoms with Gasteiger partial charge < -0.3 is 5.32 Å². The lowest BCUT2D eigenvalue weighted by atomic mass is 10.2. The number of likely N-dealkylation sites (tertiary alicyclic amines) is 1. The largest absolute Gasteiger partial charge is 0.317 e. The van der Waals surface area contributed by atoms with E-state index in [9.17, 15) is 0 Å². The van der Waals surface area contributed by atoms with Crippen molar-refractivity contribution in [2.45, 2.75) is 37.6 Å². The van der Waals surface area contributed by atoms with Crippen molar-refractivity contribution in [2.24, 2.45) is 0 Å². The van der Waals surface area contributed by atoms with Gasteiger partial charge in [-0.05, 0) is 63.0 Å². The van der Waals surface area contributed by atoms with E-state index in [1.165, 1.54) is 63.0 Å². The van der Waals surface area contributed by atoms with Crippen LogP contribution < -0.4 is 5.32 Å². The van der Waals surface area contributed by atoms with E-state index >= 15 is 0 Å². The summed E-state index contributed by atoms with van der Waals surface area (Å²) >= 11 is 3.36. The molecule has 136 valence electrons. The Morgan fingerprint density at radius 3 is 1.64 bits per heavy atom. The fourth-order valence-electron chi connectivity index (χ4n) is 2.97. The van der Waals surface area contributed by atoms with Gasteiger partial charge >= 0.3 is 0 Å². The second kappa shape index (κ2) is 13.1. The highest BCUT2D eigenvalue weighted by Crippen LogP contribution is 2.11. The Morgan fingerprint density at radius 2 is 1.24 bits per heavy atom. The zero-order valence-electron chi connectivity index (χ0n) is 15.2. The maximum absolute atomic E-state index is 3.36. The van der Waals surface area contributed by atoms with Crippen LogP contribution in [0.1, 0.15) is 36.8 Å². The topological polar surface area (TPSA) is 15.3 Å². The first kappa shape index (κ1) is 20.2.